The second-order valence-electron chi connectivity index (χ2n) is 5.89. The first-order valence-corrected chi connectivity index (χ1v) is 9.42. The topological polar surface area (TPSA) is 103 Å². The maximum Gasteiger partial charge on any atom is 0.357 e. The number of esters is 1. The predicted octanol–water partition coefficient (Wildman–Crippen LogP) is 2.49. The van der Waals surface area contributed by atoms with E-state index in [0.717, 1.165) is 27.1 Å². The Kier molecular flexibility index (Phi) is 5.95. The zero-order chi connectivity index (χ0) is 20.1. The van der Waals surface area contributed by atoms with Gasteiger partial charge in [-0.25, -0.2) is 14.5 Å². The molecule has 3 aromatic rings. The first-order valence-electron chi connectivity index (χ1n) is 8.54. The third-order valence-corrected chi connectivity index (χ3v) is 4.50. The van der Waals surface area contributed by atoms with Gasteiger partial charge in [-0.1, -0.05) is 29.8 Å². The molecule has 8 nitrogen and oxygen atoms in total. The molecule has 144 valence electrons. The summed E-state index contributed by atoms with van der Waals surface area (Å²) in [5.74, 6) is -1.02. The van der Waals surface area contributed by atoms with Crippen molar-refractivity contribution in [3.63, 3.8) is 0 Å². The van der Waals surface area contributed by atoms with Crippen LogP contribution in [0.15, 0.2) is 46.6 Å². The van der Waals surface area contributed by atoms with Gasteiger partial charge in [-0.3, -0.25) is 9.59 Å². The fourth-order valence-corrected chi connectivity index (χ4v) is 3.06. The van der Waals surface area contributed by atoms with Gasteiger partial charge in [-0.15, -0.1) is 11.3 Å². The van der Waals surface area contributed by atoms with E-state index in [9.17, 15) is 14.4 Å². The maximum absolute atomic E-state index is 12.3. The van der Waals surface area contributed by atoms with E-state index in [2.05, 4.69) is 15.4 Å². The van der Waals surface area contributed by atoms with Crippen LogP contribution in [-0.2, 0) is 16.1 Å². The molecular weight excluding hydrogens is 380 g/mol. The van der Waals surface area contributed by atoms with Crippen molar-refractivity contribution >= 4 is 28.3 Å². The molecule has 0 fully saturated rings. The van der Waals surface area contributed by atoms with Crippen molar-refractivity contribution in [1.29, 1.82) is 0 Å². The van der Waals surface area contributed by atoms with Gasteiger partial charge in [0, 0.05) is 17.0 Å². The van der Waals surface area contributed by atoms with Crippen LogP contribution in [0.2, 0.25) is 0 Å². The van der Waals surface area contributed by atoms with E-state index in [4.69, 9.17) is 4.74 Å². The molecule has 2 aromatic heterocycles. The van der Waals surface area contributed by atoms with Crippen molar-refractivity contribution in [3.05, 3.63) is 63.4 Å². The number of nitrogens with zero attached hydrogens (tertiary/aromatic N) is 3. The zero-order valence-electron chi connectivity index (χ0n) is 15.3. The molecule has 0 aliphatic rings. The Morgan fingerprint density at radius 3 is 2.64 bits per heavy atom. The molecule has 28 heavy (non-hydrogen) atoms. The number of aromatic nitrogens is 3. The van der Waals surface area contributed by atoms with E-state index in [1.165, 1.54) is 11.4 Å². The lowest BCUT2D eigenvalue weighted by atomic mass is 10.1. The fraction of sp³-hybridized carbons (Fsp3) is 0.211. The van der Waals surface area contributed by atoms with Crippen LogP contribution in [0.4, 0.5) is 5.13 Å². The minimum Gasteiger partial charge on any atom is -0.461 e. The smallest absolute Gasteiger partial charge is 0.357 e. The lowest BCUT2D eigenvalue weighted by Gasteiger charge is -2.07. The number of thiazole rings is 1. The molecule has 0 aliphatic carbocycles. The second kappa shape index (κ2) is 8.57. The third-order valence-electron chi connectivity index (χ3n) is 3.74. The number of amides is 1. The number of ether oxygens (including phenoxy) is 1. The number of aryl methyl sites for hydroxylation is 1. The first kappa shape index (κ1) is 19.4. The summed E-state index contributed by atoms with van der Waals surface area (Å²) in [5.41, 5.74) is 2.28. The summed E-state index contributed by atoms with van der Waals surface area (Å²) in [5, 5.41) is 8.57. The van der Waals surface area contributed by atoms with Gasteiger partial charge >= 0.3 is 5.97 Å². The van der Waals surface area contributed by atoms with Gasteiger partial charge in [0.25, 0.3) is 5.56 Å². The molecule has 0 saturated heterocycles. The van der Waals surface area contributed by atoms with E-state index in [1.807, 2.05) is 31.2 Å². The lowest BCUT2D eigenvalue weighted by Crippen LogP contribution is -2.29. The summed E-state index contributed by atoms with van der Waals surface area (Å²) in [7, 11) is 0. The monoisotopic (exact) mass is 398 g/mol. The molecule has 3 rings (SSSR count). The molecule has 0 atom stereocenters. The molecule has 2 heterocycles. The number of benzene rings is 1. The Labute approximate surface area is 164 Å². The van der Waals surface area contributed by atoms with Crippen LogP contribution in [0.25, 0.3) is 11.3 Å². The molecule has 0 aliphatic heterocycles. The van der Waals surface area contributed by atoms with Crippen LogP contribution in [0.1, 0.15) is 23.0 Å². The fourth-order valence-electron chi connectivity index (χ4n) is 2.37. The molecule has 1 amide bonds. The first-order chi connectivity index (χ1) is 13.5. The van der Waals surface area contributed by atoms with Crippen LogP contribution in [0.5, 0.6) is 0 Å². The minimum absolute atomic E-state index is 0.124. The highest BCUT2D eigenvalue weighted by Gasteiger charge is 2.14. The van der Waals surface area contributed by atoms with E-state index < -0.39 is 17.4 Å². The van der Waals surface area contributed by atoms with Crippen molar-refractivity contribution in [2.24, 2.45) is 0 Å². The largest absolute Gasteiger partial charge is 0.461 e. The van der Waals surface area contributed by atoms with Crippen LogP contribution in [-0.4, -0.2) is 33.2 Å². The molecule has 0 spiro atoms. The molecule has 1 aromatic carbocycles. The highest BCUT2D eigenvalue weighted by Crippen LogP contribution is 2.17. The number of carbonyl (C=O) groups is 2. The summed E-state index contributed by atoms with van der Waals surface area (Å²) in [6.07, 6.45) is 0. The van der Waals surface area contributed by atoms with E-state index in [0.29, 0.717) is 5.69 Å². The number of anilines is 1. The molecule has 0 unspecified atom stereocenters. The number of hydrogen-bond acceptors (Lipinski definition) is 7. The van der Waals surface area contributed by atoms with Crippen LogP contribution in [0.3, 0.4) is 0 Å². The Hall–Kier alpha value is -3.33. The summed E-state index contributed by atoms with van der Waals surface area (Å²) >= 11 is 1.10. The second-order valence-corrected chi connectivity index (χ2v) is 6.75. The quantitative estimate of drug-likeness (QED) is 0.640. The van der Waals surface area contributed by atoms with E-state index >= 15 is 0 Å². The molecule has 1 N–H and O–H groups in total. The summed E-state index contributed by atoms with van der Waals surface area (Å²) in [4.78, 5) is 40.0. The van der Waals surface area contributed by atoms with Crippen molar-refractivity contribution in [3.8, 4) is 11.3 Å². The Balaban J connectivity index is 1.72. The van der Waals surface area contributed by atoms with Crippen LogP contribution >= 0.6 is 11.3 Å². The van der Waals surface area contributed by atoms with Gasteiger partial charge in [0.2, 0.25) is 5.91 Å². The average molecular weight is 398 g/mol. The summed E-state index contributed by atoms with van der Waals surface area (Å²) in [6.45, 7) is 3.65. The minimum atomic E-state index is -0.553. The Morgan fingerprint density at radius 2 is 1.93 bits per heavy atom. The number of hydrogen-bond donors (Lipinski definition) is 1. The lowest BCUT2D eigenvalue weighted by molar-refractivity contribution is -0.117. The van der Waals surface area contributed by atoms with Gasteiger partial charge in [0.05, 0.1) is 12.3 Å². The molecular formula is C19H18N4O4S. The van der Waals surface area contributed by atoms with E-state index in [1.54, 1.807) is 13.0 Å². The number of carbonyl (C=O) groups excluding carboxylic acids is 2. The van der Waals surface area contributed by atoms with Gasteiger partial charge in [-0.05, 0) is 19.9 Å². The SMILES string of the molecule is CCOC(=O)c1csc(NC(=O)Cn2nc(-c3ccc(C)cc3)ccc2=O)n1. The van der Waals surface area contributed by atoms with E-state index in [-0.39, 0.29) is 24.0 Å². The Morgan fingerprint density at radius 1 is 1.18 bits per heavy atom. The van der Waals surface area contributed by atoms with Crippen LogP contribution in [0, 0.1) is 6.92 Å². The standard InChI is InChI=1S/C19H18N4O4S/c1-3-27-18(26)15-11-28-19(20-15)21-16(24)10-23-17(25)9-8-14(22-23)13-6-4-12(2)5-7-13/h4-9,11H,3,10H2,1-2H3,(H,20,21,24). The molecule has 0 saturated carbocycles. The molecule has 0 bridgehead atoms. The molecule has 9 heteroatoms. The van der Waals surface area contributed by atoms with Crippen molar-refractivity contribution in [2.45, 2.75) is 20.4 Å². The van der Waals surface area contributed by atoms with Crippen molar-refractivity contribution < 1.29 is 14.3 Å². The number of rotatable bonds is 6. The van der Waals surface area contributed by atoms with Crippen LogP contribution < -0.4 is 10.9 Å². The predicted molar refractivity (Wildman–Crippen MR) is 105 cm³/mol. The third kappa shape index (κ3) is 4.68. The number of nitrogens with one attached hydrogen (secondary N) is 1. The normalized spacial score (nSPS) is 10.5. The Bertz CT molecular complexity index is 1060. The van der Waals surface area contributed by atoms with Gasteiger partial charge < -0.3 is 10.1 Å². The zero-order valence-corrected chi connectivity index (χ0v) is 16.2. The highest BCUT2D eigenvalue weighted by molar-refractivity contribution is 7.14. The van der Waals surface area contributed by atoms with Crippen molar-refractivity contribution in [1.82, 2.24) is 14.8 Å². The van der Waals surface area contributed by atoms with Gasteiger partial charge in [0.15, 0.2) is 10.8 Å². The van der Waals surface area contributed by atoms with Gasteiger partial charge in [0.1, 0.15) is 6.54 Å². The average Bonchev–Trinajstić information content (AvgIpc) is 3.13. The highest BCUT2D eigenvalue weighted by atomic mass is 32.1. The summed E-state index contributed by atoms with van der Waals surface area (Å²) < 4.78 is 5.94. The maximum atomic E-state index is 12.3. The van der Waals surface area contributed by atoms with Crippen molar-refractivity contribution in [2.75, 3.05) is 11.9 Å². The summed E-state index contributed by atoms with van der Waals surface area (Å²) in [6, 6.07) is 10.7. The molecule has 0 radical (unpaired) electrons. The van der Waals surface area contributed by atoms with Gasteiger partial charge in [-0.2, -0.15) is 5.10 Å².